The molecule has 1 heterocycles. The zero-order valence-corrected chi connectivity index (χ0v) is 11.3. The summed E-state index contributed by atoms with van der Waals surface area (Å²) >= 11 is 0. The molecule has 0 aliphatic carbocycles. The summed E-state index contributed by atoms with van der Waals surface area (Å²) in [6.45, 7) is 11.6. The molecule has 0 saturated carbocycles. The van der Waals surface area contributed by atoms with E-state index in [4.69, 9.17) is 10.5 Å². The van der Waals surface area contributed by atoms with Crippen LogP contribution in [0.4, 0.5) is 0 Å². The maximum absolute atomic E-state index is 6.14. The molecule has 1 aliphatic heterocycles. The van der Waals surface area contributed by atoms with E-state index >= 15 is 0 Å². The lowest BCUT2D eigenvalue weighted by atomic mass is 9.85. The Morgan fingerprint density at radius 2 is 2.12 bits per heavy atom. The van der Waals surface area contributed by atoms with Crippen LogP contribution in [0, 0.1) is 5.41 Å². The Bertz CT molecular complexity index is 204. The van der Waals surface area contributed by atoms with Gasteiger partial charge in [-0.05, 0) is 38.1 Å². The summed E-state index contributed by atoms with van der Waals surface area (Å²) in [6.07, 6.45) is 3.39. The zero-order chi connectivity index (χ0) is 12.2. The van der Waals surface area contributed by atoms with Crippen LogP contribution in [0.25, 0.3) is 0 Å². The molecule has 1 rings (SSSR count). The van der Waals surface area contributed by atoms with Gasteiger partial charge < -0.3 is 15.8 Å². The molecule has 0 aromatic carbocycles. The first-order valence-corrected chi connectivity index (χ1v) is 6.42. The molecule has 0 radical (unpaired) electrons. The molecule has 0 amide bonds. The van der Waals surface area contributed by atoms with Crippen LogP contribution in [0.2, 0.25) is 0 Å². The minimum absolute atomic E-state index is 0.163. The van der Waals surface area contributed by atoms with E-state index in [0.29, 0.717) is 0 Å². The minimum atomic E-state index is 0.163. The Labute approximate surface area is 100 Å². The Kier molecular flexibility index (Phi) is 4.77. The molecular formula is C13H28N2O. The molecule has 0 spiro atoms. The molecule has 0 aromatic rings. The summed E-state index contributed by atoms with van der Waals surface area (Å²) in [4.78, 5) is 0. The second-order valence-electron chi connectivity index (χ2n) is 6.40. The molecule has 0 aromatic heterocycles. The summed E-state index contributed by atoms with van der Waals surface area (Å²) in [5.74, 6) is 0. The third-order valence-electron chi connectivity index (χ3n) is 3.56. The average Bonchev–Trinajstić information content (AvgIpc) is 2.17. The van der Waals surface area contributed by atoms with Gasteiger partial charge in [-0.3, -0.25) is 0 Å². The second kappa shape index (κ2) is 5.48. The monoisotopic (exact) mass is 228 g/mol. The summed E-state index contributed by atoms with van der Waals surface area (Å²) in [5, 5.41) is 3.60. The molecular weight excluding hydrogens is 200 g/mol. The highest BCUT2D eigenvalue weighted by atomic mass is 16.5. The fourth-order valence-corrected chi connectivity index (χ4v) is 2.04. The number of ether oxygens (including phenoxy) is 1. The van der Waals surface area contributed by atoms with Gasteiger partial charge in [0.05, 0.1) is 6.61 Å². The molecule has 2 unspecified atom stereocenters. The van der Waals surface area contributed by atoms with Crippen LogP contribution in [0.3, 0.4) is 0 Å². The van der Waals surface area contributed by atoms with Crippen molar-refractivity contribution in [3.63, 3.8) is 0 Å². The van der Waals surface area contributed by atoms with E-state index in [2.05, 4.69) is 33.0 Å². The van der Waals surface area contributed by atoms with Crippen molar-refractivity contribution in [1.29, 1.82) is 0 Å². The molecule has 3 heteroatoms. The number of rotatable bonds is 4. The first-order chi connectivity index (χ1) is 7.33. The SMILES string of the molecule is CC1(NCCC(N)C(C)(C)C)CCCOC1. The van der Waals surface area contributed by atoms with Crippen LogP contribution in [0.1, 0.15) is 47.0 Å². The highest BCUT2D eigenvalue weighted by Gasteiger charge is 2.27. The molecule has 0 bridgehead atoms. The van der Waals surface area contributed by atoms with E-state index in [9.17, 15) is 0 Å². The maximum atomic E-state index is 6.14. The Morgan fingerprint density at radius 3 is 2.62 bits per heavy atom. The maximum Gasteiger partial charge on any atom is 0.0645 e. The smallest absolute Gasteiger partial charge is 0.0645 e. The fraction of sp³-hybridized carbons (Fsp3) is 1.00. The predicted molar refractivity (Wildman–Crippen MR) is 68.5 cm³/mol. The average molecular weight is 228 g/mol. The van der Waals surface area contributed by atoms with Crippen LogP contribution in [0.5, 0.6) is 0 Å². The van der Waals surface area contributed by atoms with Crippen LogP contribution < -0.4 is 11.1 Å². The highest BCUT2D eigenvalue weighted by molar-refractivity contribution is 4.86. The van der Waals surface area contributed by atoms with Crippen molar-refractivity contribution in [2.24, 2.45) is 11.1 Å². The predicted octanol–water partition coefficient (Wildman–Crippen LogP) is 1.91. The lowest BCUT2D eigenvalue weighted by Gasteiger charge is -2.35. The summed E-state index contributed by atoms with van der Waals surface area (Å²) < 4.78 is 5.52. The molecule has 96 valence electrons. The van der Waals surface area contributed by atoms with E-state index in [1.165, 1.54) is 6.42 Å². The topological polar surface area (TPSA) is 47.3 Å². The molecule has 2 atom stereocenters. The first-order valence-electron chi connectivity index (χ1n) is 6.42. The Morgan fingerprint density at radius 1 is 1.44 bits per heavy atom. The highest BCUT2D eigenvalue weighted by Crippen LogP contribution is 2.21. The van der Waals surface area contributed by atoms with Gasteiger partial charge in [0.25, 0.3) is 0 Å². The number of hydrogen-bond donors (Lipinski definition) is 2. The van der Waals surface area contributed by atoms with Gasteiger partial charge in [-0.1, -0.05) is 20.8 Å². The molecule has 3 nitrogen and oxygen atoms in total. The van der Waals surface area contributed by atoms with Crippen LogP contribution in [0.15, 0.2) is 0 Å². The second-order valence-corrected chi connectivity index (χ2v) is 6.40. The van der Waals surface area contributed by atoms with E-state index in [0.717, 1.165) is 32.6 Å². The van der Waals surface area contributed by atoms with Gasteiger partial charge in [-0.25, -0.2) is 0 Å². The van der Waals surface area contributed by atoms with E-state index in [-0.39, 0.29) is 17.0 Å². The van der Waals surface area contributed by atoms with Crippen LogP contribution in [-0.4, -0.2) is 31.3 Å². The van der Waals surface area contributed by atoms with Gasteiger partial charge in [0.2, 0.25) is 0 Å². The Hall–Kier alpha value is -0.120. The number of hydrogen-bond acceptors (Lipinski definition) is 3. The standard InChI is InChI=1S/C13H28N2O/c1-12(2,3)11(14)6-8-15-13(4)7-5-9-16-10-13/h11,15H,5-10,14H2,1-4H3. The molecule has 16 heavy (non-hydrogen) atoms. The lowest BCUT2D eigenvalue weighted by molar-refractivity contribution is 0.0280. The normalized spacial score (nSPS) is 29.1. The van der Waals surface area contributed by atoms with Crippen molar-refractivity contribution < 1.29 is 4.74 Å². The largest absolute Gasteiger partial charge is 0.380 e. The summed E-state index contributed by atoms with van der Waals surface area (Å²) in [5.41, 5.74) is 6.50. The van der Waals surface area contributed by atoms with E-state index in [1.807, 2.05) is 0 Å². The molecule has 1 fully saturated rings. The molecule has 1 saturated heterocycles. The van der Waals surface area contributed by atoms with Crippen molar-refractivity contribution in [2.75, 3.05) is 19.8 Å². The fourth-order valence-electron chi connectivity index (χ4n) is 2.04. The van der Waals surface area contributed by atoms with Gasteiger partial charge >= 0.3 is 0 Å². The van der Waals surface area contributed by atoms with Crippen molar-refractivity contribution in [3.05, 3.63) is 0 Å². The van der Waals surface area contributed by atoms with Gasteiger partial charge in [-0.2, -0.15) is 0 Å². The van der Waals surface area contributed by atoms with Crippen LogP contribution >= 0.6 is 0 Å². The van der Waals surface area contributed by atoms with Crippen LogP contribution in [-0.2, 0) is 4.74 Å². The van der Waals surface area contributed by atoms with Crippen molar-refractivity contribution in [1.82, 2.24) is 5.32 Å². The zero-order valence-electron chi connectivity index (χ0n) is 11.3. The number of nitrogens with one attached hydrogen (secondary N) is 1. The van der Waals surface area contributed by atoms with E-state index < -0.39 is 0 Å². The molecule has 1 aliphatic rings. The summed E-state index contributed by atoms with van der Waals surface area (Å²) in [7, 11) is 0. The third kappa shape index (κ3) is 4.40. The van der Waals surface area contributed by atoms with Gasteiger partial charge in [0.15, 0.2) is 0 Å². The lowest BCUT2D eigenvalue weighted by Crippen LogP contribution is -2.50. The molecule has 3 N–H and O–H groups in total. The van der Waals surface area contributed by atoms with Crippen molar-refractivity contribution >= 4 is 0 Å². The van der Waals surface area contributed by atoms with Gasteiger partial charge in [-0.15, -0.1) is 0 Å². The van der Waals surface area contributed by atoms with Crippen molar-refractivity contribution in [2.45, 2.75) is 58.5 Å². The minimum Gasteiger partial charge on any atom is -0.380 e. The third-order valence-corrected chi connectivity index (χ3v) is 3.56. The van der Waals surface area contributed by atoms with E-state index in [1.54, 1.807) is 0 Å². The Balaban J connectivity index is 2.24. The van der Waals surface area contributed by atoms with Gasteiger partial charge in [0.1, 0.15) is 0 Å². The quantitative estimate of drug-likeness (QED) is 0.772. The summed E-state index contributed by atoms with van der Waals surface area (Å²) in [6, 6.07) is 0.258. The first kappa shape index (κ1) is 13.9. The van der Waals surface area contributed by atoms with Gasteiger partial charge in [0, 0.05) is 18.2 Å². The number of nitrogens with two attached hydrogens (primary N) is 1. The van der Waals surface area contributed by atoms with Crippen molar-refractivity contribution in [3.8, 4) is 0 Å².